The molecule has 0 saturated carbocycles. The van der Waals surface area contributed by atoms with Crippen LogP contribution < -0.4 is 5.32 Å². The van der Waals surface area contributed by atoms with E-state index in [0.29, 0.717) is 10.2 Å². The summed E-state index contributed by atoms with van der Waals surface area (Å²) in [6, 6.07) is 11.3. The van der Waals surface area contributed by atoms with Crippen LogP contribution in [0.5, 0.6) is 0 Å². The Kier molecular flexibility index (Phi) is 7.64. The number of amides is 1. The van der Waals surface area contributed by atoms with Crippen molar-refractivity contribution < 1.29 is 22.7 Å². The van der Waals surface area contributed by atoms with Crippen LogP contribution in [-0.2, 0) is 19.6 Å². The fourth-order valence-electron chi connectivity index (χ4n) is 2.14. The summed E-state index contributed by atoms with van der Waals surface area (Å²) in [5, 5.41) is 2.64. The third-order valence-electron chi connectivity index (χ3n) is 3.61. The molecule has 10 heteroatoms. The Hall–Kier alpha value is -1.88. The predicted molar refractivity (Wildman–Crippen MR) is 112 cm³/mol. The minimum Gasteiger partial charge on any atom is -0.452 e. The summed E-state index contributed by atoms with van der Waals surface area (Å²) in [5.41, 5.74) is 0.622. The molecule has 0 aromatic heterocycles. The van der Waals surface area contributed by atoms with Crippen molar-refractivity contribution in [1.82, 2.24) is 4.31 Å². The highest BCUT2D eigenvalue weighted by molar-refractivity contribution is 9.10. The average molecular weight is 487 g/mol. The van der Waals surface area contributed by atoms with Gasteiger partial charge in [0.05, 0.1) is 10.5 Å². The van der Waals surface area contributed by atoms with Gasteiger partial charge in [-0.05, 0) is 58.6 Å². The van der Waals surface area contributed by atoms with E-state index in [1.807, 2.05) is 18.4 Å². The molecule has 0 unspecified atom stereocenters. The molecule has 0 aliphatic rings. The van der Waals surface area contributed by atoms with Crippen LogP contribution in [0.15, 0.2) is 56.7 Å². The van der Waals surface area contributed by atoms with Crippen LogP contribution in [0.25, 0.3) is 0 Å². The molecular weight excluding hydrogens is 468 g/mol. The summed E-state index contributed by atoms with van der Waals surface area (Å²) in [5.74, 6) is -1.29. The van der Waals surface area contributed by atoms with Gasteiger partial charge in [-0.3, -0.25) is 4.79 Å². The highest BCUT2D eigenvalue weighted by atomic mass is 79.9. The number of esters is 1. The fourth-order valence-corrected chi connectivity index (χ4v) is 4.44. The third kappa shape index (κ3) is 5.57. The molecule has 0 saturated heterocycles. The number of nitrogens with one attached hydrogen (secondary N) is 1. The summed E-state index contributed by atoms with van der Waals surface area (Å²) in [6.45, 7) is -0.492. The Balaban J connectivity index is 2.06. The summed E-state index contributed by atoms with van der Waals surface area (Å²) in [6.07, 6.45) is 1.92. The number of hydrogen-bond acceptors (Lipinski definition) is 6. The lowest BCUT2D eigenvalue weighted by molar-refractivity contribution is -0.119. The molecule has 0 bridgehead atoms. The molecule has 2 aromatic rings. The van der Waals surface area contributed by atoms with Crippen LogP contribution in [0, 0.1) is 0 Å². The van der Waals surface area contributed by atoms with E-state index in [0.717, 1.165) is 9.20 Å². The van der Waals surface area contributed by atoms with E-state index in [1.54, 1.807) is 12.1 Å². The highest BCUT2D eigenvalue weighted by Gasteiger charge is 2.22. The number of ether oxygens (including phenoxy) is 1. The molecule has 0 aliphatic heterocycles. The van der Waals surface area contributed by atoms with Crippen molar-refractivity contribution in [3.63, 3.8) is 0 Å². The fraction of sp³-hybridized carbons (Fsp3) is 0.222. The van der Waals surface area contributed by atoms with Gasteiger partial charge < -0.3 is 10.1 Å². The molecule has 0 fully saturated rings. The minimum absolute atomic E-state index is 0.0285. The van der Waals surface area contributed by atoms with Gasteiger partial charge in [0, 0.05) is 29.2 Å². The van der Waals surface area contributed by atoms with Gasteiger partial charge in [0.15, 0.2) is 6.61 Å². The second-order valence-electron chi connectivity index (χ2n) is 5.79. The van der Waals surface area contributed by atoms with Crippen molar-refractivity contribution in [2.45, 2.75) is 9.79 Å². The lowest BCUT2D eigenvalue weighted by Crippen LogP contribution is -2.23. The van der Waals surface area contributed by atoms with Crippen molar-refractivity contribution in [2.24, 2.45) is 0 Å². The smallest absolute Gasteiger partial charge is 0.338 e. The first kappa shape index (κ1) is 22.4. The van der Waals surface area contributed by atoms with Crippen molar-refractivity contribution in [3.05, 3.63) is 52.5 Å². The number of sulfonamides is 1. The van der Waals surface area contributed by atoms with Crippen LogP contribution >= 0.6 is 27.7 Å². The Morgan fingerprint density at radius 1 is 1.18 bits per heavy atom. The molecule has 28 heavy (non-hydrogen) atoms. The van der Waals surface area contributed by atoms with Gasteiger partial charge in [-0.25, -0.2) is 17.5 Å². The second kappa shape index (κ2) is 9.55. The first-order valence-corrected chi connectivity index (χ1v) is 11.4. The quantitative estimate of drug-likeness (QED) is 0.476. The molecule has 7 nitrogen and oxygen atoms in total. The van der Waals surface area contributed by atoms with E-state index in [2.05, 4.69) is 21.2 Å². The zero-order chi connectivity index (χ0) is 20.9. The molecule has 150 valence electrons. The normalized spacial score (nSPS) is 11.3. The van der Waals surface area contributed by atoms with E-state index in [4.69, 9.17) is 4.74 Å². The summed E-state index contributed by atoms with van der Waals surface area (Å²) >= 11 is 4.71. The molecule has 1 N–H and O–H groups in total. The zero-order valence-corrected chi connectivity index (χ0v) is 18.7. The topological polar surface area (TPSA) is 92.8 Å². The van der Waals surface area contributed by atoms with E-state index in [-0.39, 0.29) is 10.5 Å². The summed E-state index contributed by atoms with van der Waals surface area (Å²) < 4.78 is 31.0. The number of rotatable bonds is 7. The molecule has 0 aliphatic carbocycles. The maximum atomic E-state index is 12.3. The van der Waals surface area contributed by atoms with Crippen LogP contribution in [0.2, 0.25) is 0 Å². The molecule has 0 heterocycles. The number of carbonyl (C=O) groups is 2. The Morgan fingerprint density at radius 3 is 2.54 bits per heavy atom. The van der Waals surface area contributed by atoms with Gasteiger partial charge >= 0.3 is 5.97 Å². The Labute approximate surface area is 176 Å². The highest BCUT2D eigenvalue weighted by Crippen LogP contribution is 2.25. The third-order valence-corrected chi connectivity index (χ3v) is 7.15. The van der Waals surface area contributed by atoms with E-state index in [9.17, 15) is 18.0 Å². The van der Waals surface area contributed by atoms with Crippen molar-refractivity contribution in [3.8, 4) is 0 Å². The molecule has 1 amide bonds. The number of anilines is 1. The number of benzene rings is 2. The lowest BCUT2D eigenvalue weighted by Gasteiger charge is -2.14. The van der Waals surface area contributed by atoms with Crippen LogP contribution in [0.3, 0.4) is 0 Å². The molecular formula is C18H19BrN2O5S2. The van der Waals surface area contributed by atoms with Gasteiger partial charge in [-0.2, -0.15) is 0 Å². The summed E-state index contributed by atoms with van der Waals surface area (Å²) in [7, 11) is -0.961. The van der Waals surface area contributed by atoms with Crippen molar-refractivity contribution in [1.29, 1.82) is 0 Å². The average Bonchev–Trinajstić information content (AvgIpc) is 2.66. The van der Waals surface area contributed by atoms with Crippen LogP contribution in [-0.4, -0.2) is 51.6 Å². The first-order chi connectivity index (χ1) is 13.1. The van der Waals surface area contributed by atoms with Gasteiger partial charge in [0.25, 0.3) is 5.91 Å². The predicted octanol–water partition coefficient (Wildman–Crippen LogP) is 3.22. The molecule has 2 aromatic carbocycles. The number of nitrogens with zero attached hydrogens (tertiary/aromatic N) is 1. The van der Waals surface area contributed by atoms with Gasteiger partial charge in [-0.15, -0.1) is 11.8 Å². The van der Waals surface area contributed by atoms with Gasteiger partial charge in [0.1, 0.15) is 0 Å². The van der Waals surface area contributed by atoms with E-state index < -0.39 is 28.5 Å². The van der Waals surface area contributed by atoms with Crippen molar-refractivity contribution >= 4 is 55.3 Å². The Morgan fingerprint density at radius 2 is 1.89 bits per heavy atom. The first-order valence-electron chi connectivity index (χ1n) is 7.98. The second-order valence-corrected chi connectivity index (χ2v) is 9.64. The standard InChI is InChI=1S/C18H19BrN2O5S2/c1-21(2)28(24,25)16-9-12(7-8-15(16)19)18(23)26-11-17(22)20-13-5-4-6-14(10-13)27-3/h4-10H,11H2,1-3H3,(H,20,22). The molecule has 0 atom stereocenters. The van der Waals surface area contributed by atoms with E-state index in [1.165, 1.54) is 44.1 Å². The van der Waals surface area contributed by atoms with Crippen molar-refractivity contribution in [2.75, 3.05) is 32.3 Å². The molecule has 0 radical (unpaired) electrons. The zero-order valence-electron chi connectivity index (χ0n) is 15.4. The number of hydrogen-bond donors (Lipinski definition) is 1. The maximum Gasteiger partial charge on any atom is 0.338 e. The lowest BCUT2D eigenvalue weighted by atomic mass is 10.2. The van der Waals surface area contributed by atoms with E-state index >= 15 is 0 Å². The summed E-state index contributed by atoms with van der Waals surface area (Å²) in [4.78, 5) is 25.2. The van der Waals surface area contributed by atoms with Gasteiger partial charge in [0.2, 0.25) is 10.0 Å². The van der Waals surface area contributed by atoms with Crippen LogP contribution in [0.1, 0.15) is 10.4 Å². The SMILES string of the molecule is CSc1cccc(NC(=O)COC(=O)c2ccc(Br)c(S(=O)(=O)N(C)C)c2)c1. The number of thioether (sulfide) groups is 1. The Bertz CT molecular complexity index is 993. The number of halogens is 1. The molecule has 2 rings (SSSR count). The largest absolute Gasteiger partial charge is 0.452 e. The number of carbonyl (C=O) groups excluding carboxylic acids is 2. The monoisotopic (exact) mass is 486 g/mol. The van der Waals surface area contributed by atoms with Gasteiger partial charge in [-0.1, -0.05) is 6.07 Å². The maximum absolute atomic E-state index is 12.3. The minimum atomic E-state index is -3.74. The van der Waals surface area contributed by atoms with Crippen LogP contribution in [0.4, 0.5) is 5.69 Å². The molecule has 0 spiro atoms.